The molecule has 0 bridgehead atoms. The zero-order valence-electron chi connectivity index (χ0n) is 19.4. The first-order chi connectivity index (χ1) is 16.5. The van der Waals surface area contributed by atoms with Crippen molar-refractivity contribution in [1.82, 2.24) is 20.1 Å². The van der Waals surface area contributed by atoms with Crippen LogP contribution in [0.2, 0.25) is 10.0 Å². The summed E-state index contributed by atoms with van der Waals surface area (Å²) in [5.41, 5.74) is 3.03. The van der Waals surface area contributed by atoms with Gasteiger partial charge in [0.1, 0.15) is 0 Å². The van der Waals surface area contributed by atoms with Crippen LogP contribution in [0.3, 0.4) is 0 Å². The minimum Gasteiger partial charge on any atom is -0.353 e. The van der Waals surface area contributed by atoms with Gasteiger partial charge in [0.25, 0.3) is 0 Å². The smallest absolute Gasteiger partial charge is 0.220 e. The molecule has 0 unspecified atom stereocenters. The number of nitrogens with zero attached hydrogens (tertiary/aromatic N) is 3. The Bertz CT molecular complexity index is 1110. The number of aromatic nitrogens is 3. The molecular weight excluding hydrogens is 487 g/mol. The molecule has 1 aliphatic carbocycles. The lowest BCUT2D eigenvalue weighted by Crippen LogP contribution is -2.35. The normalized spacial score (nSPS) is 14.3. The number of halogens is 2. The van der Waals surface area contributed by atoms with Crippen molar-refractivity contribution in [2.45, 2.75) is 69.5 Å². The maximum Gasteiger partial charge on any atom is 0.220 e. The molecule has 180 valence electrons. The molecule has 5 nitrogen and oxygen atoms in total. The average Bonchev–Trinajstić information content (AvgIpc) is 3.25. The molecule has 8 heteroatoms. The van der Waals surface area contributed by atoms with Crippen molar-refractivity contribution in [2.24, 2.45) is 0 Å². The molecule has 0 radical (unpaired) electrons. The molecule has 1 aromatic heterocycles. The second-order valence-corrected chi connectivity index (χ2v) is 10.7. The fourth-order valence-corrected chi connectivity index (χ4v) is 5.45. The first-order valence-electron chi connectivity index (χ1n) is 11.9. The van der Waals surface area contributed by atoms with Crippen molar-refractivity contribution in [3.63, 3.8) is 0 Å². The highest BCUT2D eigenvalue weighted by molar-refractivity contribution is 7.99. The number of hydrogen-bond donors (Lipinski definition) is 1. The molecule has 1 aliphatic rings. The van der Waals surface area contributed by atoms with E-state index < -0.39 is 0 Å². The van der Waals surface area contributed by atoms with Crippen LogP contribution in [0.25, 0.3) is 17.1 Å². The van der Waals surface area contributed by atoms with Gasteiger partial charge in [-0.15, -0.1) is 10.2 Å². The number of carbonyl (C=O) groups is 1. The van der Waals surface area contributed by atoms with Crippen molar-refractivity contribution in [3.05, 3.63) is 58.1 Å². The second kappa shape index (κ2) is 12.1. The molecule has 0 atom stereocenters. The standard InChI is InChI=1S/C26H30Cl2N4OS/c1-18-10-12-19(13-11-18)25-30-31-26(32(25)21-14-15-22(27)23(28)17-21)34-16-6-5-9-24(33)29-20-7-3-2-4-8-20/h10-15,17,20H,2-9,16H2,1H3,(H,29,33). The number of benzene rings is 2. The number of rotatable bonds is 9. The number of nitrogens with one attached hydrogen (secondary N) is 1. The van der Waals surface area contributed by atoms with Crippen LogP contribution < -0.4 is 5.32 Å². The van der Waals surface area contributed by atoms with Crippen molar-refractivity contribution >= 4 is 40.9 Å². The summed E-state index contributed by atoms with van der Waals surface area (Å²) in [6.45, 7) is 2.06. The Kier molecular flexibility index (Phi) is 8.92. The van der Waals surface area contributed by atoms with Crippen LogP contribution >= 0.6 is 35.0 Å². The second-order valence-electron chi connectivity index (χ2n) is 8.81. The first-order valence-corrected chi connectivity index (χ1v) is 13.7. The van der Waals surface area contributed by atoms with E-state index in [0.29, 0.717) is 22.5 Å². The van der Waals surface area contributed by atoms with Crippen LogP contribution in [0.4, 0.5) is 0 Å². The van der Waals surface area contributed by atoms with Gasteiger partial charge in [-0.3, -0.25) is 9.36 Å². The van der Waals surface area contributed by atoms with E-state index in [4.69, 9.17) is 23.2 Å². The maximum absolute atomic E-state index is 12.3. The zero-order valence-corrected chi connectivity index (χ0v) is 21.7. The molecule has 1 saturated carbocycles. The third kappa shape index (κ3) is 6.55. The molecule has 0 aliphatic heterocycles. The van der Waals surface area contributed by atoms with E-state index in [1.165, 1.54) is 24.8 Å². The SMILES string of the molecule is Cc1ccc(-c2nnc(SCCCCC(=O)NC3CCCCC3)n2-c2ccc(Cl)c(Cl)c2)cc1. The Morgan fingerprint density at radius 1 is 1.03 bits per heavy atom. The molecule has 34 heavy (non-hydrogen) atoms. The van der Waals surface area contributed by atoms with E-state index in [1.54, 1.807) is 17.8 Å². The van der Waals surface area contributed by atoms with Crippen molar-refractivity contribution in [3.8, 4) is 17.1 Å². The van der Waals surface area contributed by atoms with E-state index >= 15 is 0 Å². The molecule has 1 heterocycles. The van der Waals surface area contributed by atoms with Crippen molar-refractivity contribution < 1.29 is 4.79 Å². The lowest BCUT2D eigenvalue weighted by Gasteiger charge is -2.22. The number of unbranched alkanes of at least 4 members (excludes halogenated alkanes) is 1. The van der Waals surface area contributed by atoms with Crippen LogP contribution in [0.15, 0.2) is 47.6 Å². The van der Waals surface area contributed by atoms with Gasteiger partial charge in [-0.2, -0.15) is 0 Å². The maximum atomic E-state index is 12.3. The summed E-state index contributed by atoms with van der Waals surface area (Å²) < 4.78 is 2.02. The summed E-state index contributed by atoms with van der Waals surface area (Å²) in [6, 6.07) is 14.2. The lowest BCUT2D eigenvalue weighted by molar-refractivity contribution is -0.122. The first kappa shape index (κ1) is 25.1. The summed E-state index contributed by atoms with van der Waals surface area (Å²) in [4.78, 5) is 12.3. The highest BCUT2D eigenvalue weighted by Crippen LogP contribution is 2.32. The minimum absolute atomic E-state index is 0.178. The van der Waals surface area contributed by atoms with Gasteiger partial charge in [-0.25, -0.2) is 0 Å². The van der Waals surface area contributed by atoms with E-state index in [-0.39, 0.29) is 5.91 Å². The summed E-state index contributed by atoms with van der Waals surface area (Å²) in [6.07, 6.45) is 8.35. The molecule has 0 spiro atoms. The lowest BCUT2D eigenvalue weighted by atomic mass is 9.95. The Hall–Kier alpha value is -2.02. The van der Waals surface area contributed by atoms with Crippen LogP contribution in [0, 0.1) is 6.92 Å². The van der Waals surface area contributed by atoms with Crippen LogP contribution in [0.1, 0.15) is 56.9 Å². The van der Waals surface area contributed by atoms with Crippen molar-refractivity contribution in [1.29, 1.82) is 0 Å². The molecule has 3 aromatic rings. The van der Waals surface area contributed by atoms with Crippen LogP contribution in [-0.4, -0.2) is 32.5 Å². The number of hydrogen-bond acceptors (Lipinski definition) is 4. The van der Waals surface area contributed by atoms with Gasteiger partial charge >= 0.3 is 0 Å². The van der Waals surface area contributed by atoms with E-state index in [9.17, 15) is 4.79 Å². The molecular formula is C26H30Cl2N4OS. The van der Waals surface area contributed by atoms with Gasteiger partial charge in [0.05, 0.1) is 15.7 Å². The van der Waals surface area contributed by atoms with Crippen molar-refractivity contribution in [2.75, 3.05) is 5.75 Å². The van der Waals surface area contributed by atoms with Gasteiger partial charge in [0.2, 0.25) is 5.91 Å². The third-order valence-electron chi connectivity index (χ3n) is 6.10. The van der Waals surface area contributed by atoms with Gasteiger partial charge in [0, 0.05) is 23.8 Å². The Morgan fingerprint density at radius 3 is 2.53 bits per heavy atom. The Balaban J connectivity index is 1.40. The summed E-state index contributed by atoms with van der Waals surface area (Å²) in [7, 11) is 0. The molecule has 1 N–H and O–H groups in total. The summed E-state index contributed by atoms with van der Waals surface area (Å²) >= 11 is 14.1. The highest BCUT2D eigenvalue weighted by atomic mass is 35.5. The number of amides is 1. The van der Waals surface area contributed by atoms with Crippen LogP contribution in [0.5, 0.6) is 0 Å². The summed E-state index contributed by atoms with van der Waals surface area (Å²) in [5, 5.41) is 14.0. The number of carbonyl (C=O) groups excluding carboxylic acids is 1. The third-order valence-corrected chi connectivity index (χ3v) is 7.86. The largest absolute Gasteiger partial charge is 0.353 e. The van der Waals surface area contributed by atoms with Gasteiger partial charge in [-0.1, -0.05) is 84.1 Å². The van der Waals surface area contributed by atoms with E-state index in [0.717, 1.165) is 53.7 Å². The Labute approximate surface area is 215 Å². The molecule has 1 amide bonds. The predicted octanol–water partition coefficient (Wildman–Crippen LogP) is 7.26. The van der Waals surface area contributed by atoms with E-state index in [2.05, 4.69) is 34.6 Å². The van der Waals surface area contributed by atoms with Crippen LogP contribution in [-0.2, 0) is 4.79 Å². The van der Waals surface area contributed by atoms with Gasteiger partial charge in [0.15, 0.2) is 11.0 Å². The monoisotopic (exact) mass is 516 g/mol. The summed E-state index contributed by atoms with van der Waals surface area (Å²) in [5.74, 6) is 1.79. The fourth-order valence-electron chi connectivity index (χ4n) is 4.21. The number of thioether (sulfide) groups is 1. The zero-order chi connectivity index (χ0) is 23.9. The minimum atomic E-state index is 0.178. The highest BCUT2D eigenvalue weighted by Gasteiger charge is 2.18. The molecule has 0 saturated heterocycles. The fraction of sp³-hybridized carbons (Fsp3) is 0.423. The Morgan fingerprint density at radius 2 is 1.79 bits per heavy atom. The number of aryl methyl sites for hydroxylation is 1. The quantitative estimate of drug-likeness (QED) is 0.240. The topological polar surface area (TPSA) is 59.8 Å². The molecule has 2 aromatic carbocycles. The average molecular weight is 518 g/mol. The molecule has 4 rings (SSSR count). The van der Waals surface area contributed by atoms with Gasteiger partial charge < -0.3 is 5.32 Å². The predicted molar refractivity (Wildman–Crippen MR) is 141 cm³/mol. The van der Waals surface area contributed by atoms with E-state index in [1.807, 2.05) is 28.8 Å². The molecule has 1 fully saturated rings. The van der Waals surface area contributed by atoms with Gasteiger partial charge in [-0.05, 0) is 50.8 Å².